The van der Waals surface area contributed by atoms with Crippen molar-refractivity contribution in [2.75, 3.05) is 18.9 Å². The molecule has 0 aliphatic carbocycles. The molecule has 3 aromatic rings. The van der Waals surface area contributed by atoms with Gasteiger partial charge in [-0.15, -0.1) is 0 Å². The Balaban J connectivity index is 1.73. The molecular weight excluding hydrogens is 305 g/mol. The first-order chi connectivity index (χ1) is 11.6. The van der Waals surface area contributed by atoms with Crippen LogP contribution >= 0.6 is 0 Å². The number of likely N-dealkylation sites (N-methyl/N-ethyl adjacent to an activating group) is 1. The molecule has 0 spiro atoms. The molecule has 0 saturated heterocycles. The summed E-state index contributed by atoms with van der Waals surface area (Å²) in [5.41, 5.74) is 4.75. The molecule has 122 valence electrons. The Morgan fingerprint density at radius 2 is 2.00 bits per heavy atom. The van der Waals surface area contributed by atoms with Crippen LogP contribution in [0.15, 0.2) is 42.5 Å². The van der Waals surface area contributed by atoms with Gasteiger partial charge in [0, 0.05) is 41.7 Å². The summed E-state index contributed by atoms with van der Waals surface area (Å²) in [5, 5.41) is 4.04. The average Bonchev–Trinajstić information content (AvgIpc) is 2.94. The van der Waals surface area contributed by atoms with Crippen molar-refractivity contribution in [3.63, 3.8) is 0 Å². The first kappa shape index (κ1) is 14.9. The standard InChI is InChI=1S/C19H18FN3O/c1-23-10-9-15-14(11-23)18-16(21-15)3-2-4-17(18)22-19(24)12-5-7-13(20)8-6-12/h2-8,21H,9-11H2,1H3,(H,22,24). The lowest BCUT2D eigenvalue weighted by molar-refractivity contribution is 0.102. The number of amides is 1. The molecular formula is C19H18FN3O. The summed E-state index contributed by atoms with van der Waals surface area (Å²) in [5.74, 6) is -0.585. The van der Waals surface area contributed by atoms with Crippen LogP contribution in [0.25, 0.3) is 10.9 Å². The van der Waals surface area contributed by atoms with Crippen molar-refractivity contribution in [3.8, 4) is 0 Å². The Bertz CT molecular complexity index is 914. The highest BCUT2D eigenvalue weighted by Gasteiger charge is 2.21. The summed E-state index contributed by atoms with van der Waals surface area (Å²) < 4.78 is 13.0. The third kappa shape index (κ3) is 2.57. The first-order valence-corrected chi connectivity index (χ1v) is 8.00. The minimum absolute atomic E-state index is 0.235. The summed E-state index contributed by atoms with van der Waals surface area (Å²) in [7, 11) is 2.10. The highest BCUT2D eigenvalue weighted by atomic mass is 19.1. The number of carbonyl (C=O) groups excluding carboxylic acids is 1. The SMILES string of the molecule is CN1CCc2[nH]c3cccc(NC(=O)c4ccc(F)cc4)c3c2C1. The van der Waals surface area contributed by atoms with Crippen LogP contribution in [-0.4, -0.2) is 29.4 Å². The highest BCUT2D eigenvalue weighted by molar-refractivity contribution is 6.09. The third-order valence-electron chi connectivity index (χ3n) is 4.54. The number of nitrogens with one attached hydrogen (secondary N) is 2. The second-order valence-electron chi connectivity index (χ2n) is 6.26. The van der Waals surface area contributed by atoms with E-state index in [1.165, 1.54) is 35.5 Å². The van der Waals surface area contributed by atoms with E-state index in [4.69, 9.17) is 0 Å². The number of anilines is 1. The number of halogens is 1. The third-order valence-corrected chi connectivity index (χ3v) is 4.54. The van der Waals surface area contributed by atoms with Gasteiger partial charge in [0.2, 0.25) is 0 Å². The minimum Gasteiger partial charge on any atom is -0.358 e. The summed E-state index contributed by atoms with van der Waals surface area (Å²) in [6, 6.07) is 11.4. The Hall–Kier alpha value is -2.66. The van der Waals surface area contributed by atoms with Gasteiger partial charge < -0.3 is 15.2 Å². The summed E-state index contributed by atoms with van der Waals surface area (Å²) in [4.78, 5) is 18.2. The van der Waals surface area contributed by atoms with Crippen molar-refractivity contribution in [3.05, 3.63) is 65.1 Å². The van der Waals surface area contributed by atoms with Crippen LogP contribution in [0.5, 0.6) is 0 Å². The lowest BCUT2D eigenvalue weighted by Gasteiger charge is -2.22. The molecule has 0 fully saturated rings. The molecule has 5 heteroatoms. The van der Waals surface area contributed by atoms with Crippen molar-refractivity contribution in [2.24, 2.45) is 0 Å². The smallest absolute Gasteiger partial charge is 0.255 e. The van der Waals surface area contributed by atoms with Gasteiger partial charge in [-0.25, -0.2) is 4.39 Å². The zero-order valence-corrected chi connectivity index (χ0v) is 13.4. The molecule has 1 aliphatic heterocycles. The van der Waals surface area contributed by atoms with E-state index in [2.05, 4.69) is 22.2 Å². The van der Waals surface area contributed by atoms with Gasteiger partial charge >= 0.3 is 0 Å². The molecule has 2 N–H and O–H groups in total. The molecule has 4 rings (SSSR count). The van der Waals surface area contributed by atoms with Gasteiger partial charge in [-0.05, 0) is 49.0 Å². The molecule has 2 aromatic carbocycles. The van der Waals surface area contributed by atoms with Crippen LogP contribution in [0, 0.1) is 5.82 Å². The van der Waals surface area contributed by atoms with E-state index in [1.54, 1.807) is 0 Å². The number of aromatic amines is 1. The topological polar surface area (TPSA) is 48.1 Å². The second kappa shape index (κ2) is 5.76. The Labute approximate surface area is 139 Å². The molecule has 2 heterocycles. The highest BCUT2D eigenvalue weighted by Crippen LogP contribution is 2.32. The van der Waals surface area contributed by atoms with E-state index in [-0.39, 0.29) is 11.7 Å². The van der Waals surface area contributed by atoms with Gasteiger partial charge in [0.1, 0.15) is 5.82 Å². The number of fused-ring (bicyclic) bond motifs is 3. The summed E-state index contributed by atoms with van der Waals surface area (Å²) >= 11 is 0. The molecule has 0 atom stereocenters. The number of benzene rings is 2. The largest absolute Gasteiger partial charge is 0.358 e. The Morgan fingerprint density at radius 3 is 2.79 bits per heavy atom. The average molecular weight is 323 g/mol. The molecule has 1 aliphatic rings. The van der Waals surface area contributed by atoms with Crippen molar-refractivity contribution in [1.82, 2.24) is 9.88 Å². The van der Waals surface area contributed by atoms with Crippen LogP contribution in [0.3, 0.4) is 0 Å². The van der Waals surface area contributed by atoms with Crippen LogP contribution in [0.4, 0.5) is 10.1 Å². The van der Waals surface area contributed by atoms with Crippen molar-refractivity contribution in [2.45, 2.75) is 13.0 Å². The van der Waals surface area contributed by atoms with Gasteiger partial charge in [0.25, 0.3) is 5.91 Å². The van der Waals surface area contributed by atoms with Gasteiger partial charge in [0.05, 0.1) is 5.69 Å². The van der Waals surface area contributed by atoms with E-state index in [0.717, 1.165) is 36.1 Å². The molecule has 1 amide bonds. The van der Waals surface area contributed by atoms with E-state index < -0.39 is 0 Å². The lowest BCUT2D eigenvalue weighted by atomic mass is 10.0. The predicted molar refractivity (Wildman–Crippen MR) is 92.7 cm³/mol. The van der Waals surface area contributed by atoms with E-state index in [0.29, 0.717) is 5.56 Å². The molecule has 0 bridgehead atoms. The van der Waals surface area contributed by atoms with Crippen LogP contribution < -0.4 is 5.32 Å². The number of nitrogens with zero attached hydrogens (tertiary/aromatic N) is 1. The zero-order chi connectivity index (χ0) is 16.7. The van der Waals surface area contributed by atoms with E-state index in [9.17, 15) is 9.18 Å². The fourth-order valence-electron chi connectivity index (χ4n) is 3.31. The second-order valence-corrected chi connectivity index (χ2v) is 6.26. The van der Waals surface area contributed by atoms with Crippen LogP contribution in [-0.2, 0) is 13.0 Å². The van der Waals surface area contributed by atoms with Crippen molar-refractivity contribution >= 4 is 22.5 Å². The van der Waals surface area contributed by atoms with Crippen LogP contribution in [0.1, 0.15) is 21.6 Å². The van der Waals surface area contributed by atoms with Crippen molar-refractivity contribution in [1.29, 1.82) is 0 Å². The minimum atomic E-state index is -0.351. The Morgan fingerprint density at radius 1 is 1.21 bits per heavy atom. The molecule has 0 unspecified atom stereocenters. The molecule has 0 saturated carbocycles. The summed E-state index contributed by atoms with van der Waals surface area (Å²) in [6.07, 6.45) is 0.978. The molecule has 24 heavy (non-hydrogen) atoms. The Kier molecular flexibility index (Phi) is 3.58. The number of H-pyrrole nitrogens is 1. The maximum absolute atomic E-state index is 13.0. The maximum atomic E-state index is 13.0. The number of hydrogen-bond acceptors (Lipinski definition) is 2. The van der Waals surface area contributed by atoms with Gasteiger partial charge in [-0.3, -0.25) is 4.79 Å². The zero-order valence-electron chi connectivity index (χ0n) is 13.4. The number of carbonyl (C=O) groups is 1. The number of hydrogen-bond donors (Lipinski definition) is 2. The van der Waals surface area contributed by atoms with Gasteiger partial charge in [-0.2, -0.15) is 0 Å². The van der Waals surface area contributed by atoms with Gasteiger partial charge in [0.15, 0.2) is 0 Å². The van der Waals surface area contributed by atoms with E-state index in [1.807, 2.05) is 18.2 Å². The normalized spacial score (nSPS) is 14.6. The lowest BCUT2D eigenvalue weighted by Crippen LogP contribution is -2.26. The summed E-state index contributed by atoms with van der Waals surface area (Å²) in [6.45, 7) is 1.88. The quantitative estimate of drug-likeness (QED) is 0.758. The van der Waals surface area contributed by atoms with E-state index >= 15 is 0 Å². The molecule has 0 radical (unpaired) electrons. The number of rotatable bonds is 2. The van der Waals surface area contributed by atoms with Gasteiger partial charge in [-0.1, -0.05) is 6.07 Å². The predicted octanol–water partition coefficient (Wildman–Crippen LogP) is 3.55. The fraction of sp³-hybridized carbons (Fsp3) is 0.211. The molecule has 4 nitrogen and oxygen atoms in total. The van der Waals surface area contributed by atoms with Crippen molar-refractivity contribution < 1.29 is 9.18 Å². The molecule has 1 aromatic heterocycles. The monoisotopic (exact) mass is 323 g/mol. The number of aromatic nitrogens is 1. The van der Waals surface area contributed by atoms with Crippen LogP contribution in [0.2, 0.25) is 0 Å². The maximum Gasteiger partial charge on any atom is 0.255 e. The fourth-order valence-corrected chi connectivity index (χ4v) is 3.31. The first-order valence-electron chi connectivity index (χ1n) is 8.00.